The number of hydrogen-bond donors (Lipinski definition) is 0. The lowest BCUT2D eigenvalue weighted by atomic mass is 9.79. The van der Waals surface area contributed by atoms with Gasteiger partial charge in [-0.25, -0.2) is 0 Å². The Balaban J connectivity index is 1.94. The number of carbonyl (C=O) groups excluding carboxylic acids is 1. The van der Waals surface area contributed by atoms with Gasteiger partial charge in [0.05, 0.1) is 13.0 Å². The number of nitrogens with zero attached hydrogens (tertiary/aromatic N) is 1. The molecule has 0 spiro atoms. The monoisotopic (exact) mass is 265 g/mol. The first-order valence-electron chi connectivity index (χ1n) is 6.55. The summed E-state index contributed by atoms with van der Waals surface area (Å²) in [6, 6.07) is 5.25. The summed E-state index contributed by atoms with van der Waals surface area (Å²) in [6.07, 6.45) is 3.44. The number of carbonyl (C=O) groups is 1. The molecular weight excluding hydrogens is 246 g/mol. The molecule has 3 nitrogen and oxygen atoms in total. The van der Waals surface area contributed by atoms with Crippen molar-refractivity contribution < 1.29 is 9.53 Å². The van der Waals surface area contributed by atoms with Crippen molar-refractivity contribution in [1.82, 2.24) is 4.90 Å². The van der Waals surface area contributed by atoms with Gasteiger partial charge in [-0.2, -0.15) is 0 Å². The summed E-state index contributed by atoms with van der Waals surface area (Å²) in [5.74, 6) is 0.328. The minimum Gasteiger partial charge on any atom is -0.469 e. The zero-order chi connectivity index (χ0) is 12.7. The highest BCUT2D eigenvalue weighted by Gasteiger charge is 2.49. The van der Waals surface area contributed by atoms with E-state index in [1.807, 2.05) is 0 Å². The lowest BCUT2D eigenvalue weighted by Gasteiger charge is -2.41. The predicted molar refractivity (Wildman–Crippen MR) is 71.8 cm³/mol. The maximum Gasteiger partial charge on any atom is 0.310 e. The largest absolute Gasteiger partial charge is 0.469 e. The van der Waals surface area contributed by atoms with Gasteiger partial charge in [0.25, 0.3) is 0 Å². The smallest absolute Gasteiger partial charge is 0.310 e. The van der Waals surface area contributed by atoms with Gasteiger partial charge >= 0.3 is 5.97 Å². The zero-order valence-corrected chi connectivity index (χ0v) is 11.7. The topological polar surface area (TPSA) is 29.5 Å². The summed E-state index contributed by atoms with van der Waals surface area (Å²) >= 11 is 1.77. The van der Waals surface area contributed by atoms with Gasteiger partial charge in [0.2, 0.25) is 0 Å². The summed E-state index contributed by atoms with van der Waals surface area (Å²) in [6.45, 7) is 0. The van der Waals surface area contributed by atoms with E-state index in [9.17, 15) is 4.79 Å². The highest BCUT2D eigenvalue weighted by Crippen LogP contribution is 2.47. The summed E-state index contributed by atoms with van der Waals surface area (Å²) < 4.78 is 5.06. The predicted octanol–water partition coefficient (Wildman–Crippen LogP) is 2.49. The molecule has 1 aromatic rings. The Hall–Kier alpha value is -0.870. The summed E-state index contributed by atoms with van der Waals surface area (Å²) in [5.41, 5.74) is 0. The zero-order valence-electron chi connectivity index (χ0n) is 10.8. The number of ether oxygens (including phenoxy) is 1. The standard InChI is InChI=1S/C14H19NO2S/c1-15-9-5-6-11(15)13(14(16)17-2)10(8-9)12-4-3-7-18-12/h3-4,7,9-11,13H,5-6,8H2,1-2H3/t9-,10-,11?,13+/m1/s1. The lowest BCUT2D eigenvalue weighted by Crippen LogP contribution is -2.48. The number of thiophene rings is 1. The van der Waals surface area contributed by atoms with Crippen molar-refractivity contribution in [2.24, 2.45) is 5.92 Å². The van der Waals surface area contributed by atoms with Crippen molar-refractivity contribution >= 4 is 17.3 Å². The molecule has 2 aliphatic heterocycles. The van der Waals surface area contributed by atoms with E-state index < -0.39 is 0 Å². The summed E-state index contributed by atoms with van der Waals surface area (Å²) in [4.78, 5) is 15.9. The molecule has 0 saturated carbocycles. The van der Waals surface area contributed by atoms with Crippen LogP contribution in [0.3, 0.4) is 0 Å². The van der Waals surface area contributed by atoms with Crippen LogP contribution in [0.5, 0.6) is 0 Å². The first-order valence-corrected chi connectivity index (χ1v) is 7.43. The SMILES string of the molecule is COC(=O)[C@@H]1C2CC[C@H](C[C@@H]1c1cccs1)N2C. The number of methoxy groups -OCH3 is 1. The Morgan fingerprint density at radius 2 is 2.33 bits per heavy atom. The molecule has 0 radical (unpaired) electrons. The van der Waals surface area contributed by atoms with Gasteiger partial charge in [0.15, 0.2) is 0 Å². The number of rotatable bonds is 2. The highest BCUT2D eigenvalue weighted by atomic mass is 32.1. The van der Waals surface area contributed by atoms with E-state index in [1.54, 1.807) is 11.3 Å². The summed E-state index contributed by atoms with van der Waals surface area (Å²) in [5, 5.41) is 2.10. The van der Waals surface area contributed by atoms with Crippen molar-refractivity contribution in [2.45, 2.75) is 37.3 Å². The molecule has 0 amide bonds. The van der Waals surface area contributed by atoms with E-state index >= 15 is 0 Å². The average molecular weight is 265 g/mol. The van der Waals surface area contributed by atoms with Crippen molar-refractivity contribution in [3.63, 3.8) is 0 Å². The molecule has 98 valence electrons. The van der Waals surface area contributed by atoms with E-state index in [4.69, 9.17) is 4.74 Å². The fourth-order valence-electron chi connectivity index (χ4n) is 3.72. The Morgan fingerprint density at radius 1 is 1.50 bits per heavy atom. The third-order valence-electron chi connectivity index (χ3n) is 4.65. The van der Waals surface area contributed by atoms with Crippen molar-refractivity contribution in [3.8, 4) is 0 Å². The number of fused-ring (bicyclic) bond motifs is 2. The van der Waals surface area contributed by atoms with E-state index in [1.165, 1.54) is 18.4 Å². The number of hydrogen-bond acceptors (Lipinski definition) is 4. The lowest BCUT2D eigenvalue weighted by molar-refractivity contribution is -0.150. The Bertz CT molecular complexity index is 431. The molecule has 3 rings (SSSR count). The number of piperidine rings is 1. The van der Waals surface area contributed by atoms with Crippen LogP contribution in [-0.2, 0) is 9.53 Å². The molecule has 2 saturated heterocycles. The van der Waals surface area contributed by atoms with E-state index in [2.05, 4.69) is 29.5 Å². The molecule has 0 N–H and O–H groups in total. The van der Waals surface area contributed by atoms with Crippen LogP contribution in [0.15, 0.2) is 17.5 Å². The van der Waals surface area contributed by atoms with Gasteiger partial charge in [-0.3, -0.25) is 9.69 Å². The third-order valence-corrected chi connectivity index (χ3v) is 5.65. The molecule has 2 fully saturated rings. The second-order valence-corrected chi connectivity index (χ2v) is 6.35. The molecule has 2 aliphatic rings. The van der Waals surface area contributed by atoms with Crippen LogP contribution in [0, 0.1) is 5.92 Å². The Kier molecular flexibility index (Phi) is 3.16. The van der Waals surface area contributed by atoms with Gasteiger partial charge < -0.3 is 4.74 Å². The first-order chi connectivity index (χ1) is 8.72. The molecule has 1 unspecified atom stereocenters. The van der Waals surface area contributed by atoms with Crippen LogP contribution in [0.2, 0.25) is 0 Å². The molecule has 4 atom stereocenters. The van der Waals surface area contributed by atoms with Gasteiger partial charge in [-0.05, 0) is 37.8 Å². The van der Waals surface area contributed by atoms with E-state index in [-0.39, 0.29) is 11.9 Å². The maximum atomic E-state index is 12.2. The first kappa shape index (κ1) is 12.2. The van der Waals surface area contributed by atoms with Gasteiger partial charge in [0.1, 0.15) is 0 Å². The number of esters is 1. The minimum atomic E-state index is -0.0365. The van der Waals surface area contributed by atoms with Crippen LogP contribution >= 0.6 is 11.3 Å². The van der Waals surface area contributed by atoms with Gasteiger partial charge in [-0.15, -0.1) is 11.3 Å². The van der Waals surface area contributed by atoms with Crippen LogP contribution in [-0.4, -0.2) is 37.1 Å². The third kappa shape index (κ3) is 1.79. The second kappa shape index (κ2) is 4.67. The van der Waals surface area contributed by atoms with E-state index in [0.29, 0.717) is 18.0 Å². The van der Waals surface area contributed by atoms with Gasteiger partial charge in [-0.1, -0.05) is 6.07 Å². The highest BCUT2D eigenvalue weighted by molar-refractivity contribution is 7.10. The minimum absolute atomic E-state index is 0.0115. The molecule has 2 bridgehead atoms. The van der Waals surface area contributed by atoms with Crippen LogP contribution in [0.4, 0.5) is 0 Å². The van der Waals surface area contributed by atoms with Crippen LogP contribution in [0.1, 0.15) is 30.1 Å². The average Bonchev–Trinajstić information content (AvgIpc) is 2.96. The quantitative estimate of drug-likeness (QED) is 0.769. The van der Waals surface area contributed by atoms with E-state index in [0.717, 1.165) is 12.8 Å². The molecule has 0 aromatic carbocycles. The van der Waals surface area contributed by atoms with Crippen LogP contribution in [0.25, 0.3) is 0 Å². The van der Waals surface area contributed by atoms with Crippen LogP contribution < -0.4 is 0 Å². The van der Waals surface area contributed by atoms with Crippen molar-refractivity contribution in [1.29, 1.82) is 0 Å². The molecule has 1 aromatic heterocycles. The molecular formula is C14H19NO2S. The molecule has 0 aliphatic carbocycles. The Morgan fingerprint density at radius 3 is 3.00 bits per heavy atom. The fraction of sp³-hybridized carbons (Fsp3) is 0.643. The normalized spacial score (nSPS) is 35.7. The molecule has 18 heavy (non-hydrogen) atoms. The van der Waals surface area contributed by atoms with Gasteiger partial charge in [0, 0.05) is 22.9 Å². The second-order valence-electron chi connectivity index (χ2n) is 5.37. The maximum absolute atomic E-state index is 12.2. The van der Waals surface area contributed by atoms with Crippen molar-refractivity contribution in [2.75, 3.05) is 14.2 Å². The summed E-state index contributed by atoms with van der Waals surface area (Å²) in [7, 11) is 3.66. The van der Waals surface area contributed by atoms with Crippen molar-refractivity contribution in [3.05, 3.63) is 22.4 Å². The fourth-order valence-corrected chi connectivity index (χ4v) is 4.61. The Labute approximate surface area is 112 Å². The molecule has 3 heterocycles. The molecule has 4 heteroatoms.